The van der Waals surface area contributed by atoms with Crippen LogP contribution in [0.2, 0.25) is 0 Å². The maximum atomic E-state index is 6.11. The molecule has 0 unspecified atom stereocenters. The van der Waals surface area contributed by atoms with Crippen molar-refractivity contribution in [2.45, 2.75) is 31.4 Å². The van der Waals surface area contributed by atoms with E-state index in [1.54, 1.807) is 0 Å². The number of nitrogen functional groups attached to an aromatic ring is 1. The highest BCUT2D eigenvalue weighted by molar-refractivity contribution is 7.98. The molecule has 8 nitrogen and oxygen atoms in total. The van der Waals surface area contributed by atoms with E-state index >= 15 is 0 Å². The maximum absolute atomic E-state index is 6.11. The first-order valence-corrected chi connectivity index (χ1v) is 9.99. The topological polar surface area (TPSA) is 105 Å². The highest BCUT2D eigenvalue weighted by atomic mass is 32.2. The summed E-state index contributed by atoms with van der Waals surface area (Å²) in [6, 6.07) is 15.6. The van der Waals surface area contributed by atoms with Gasteiger partial charge >= 0.3 is 0 Å². The van der Waals surface area contributed by atoms with Crippen LogP contribution in [-0.4, -0.2) is 25.1 Å². The summed E-state index contributed by atoms with van der Waals surface area (Å²) in [7, 11) is 0. The minimum Gasteiger partial charge on any atom is -0.485 e. The smallest absolute Gasteiger partial charge is 0.247 e. The van der Waals surface area contributed by atoms with Gasteiger partial charge in [-0.15, -0.1) is 20.4 Å². The molecule has 0 radical (unpaired) electrons. The number of benzene rings is 2. The highest BCUT2D eigenvalue weighted by Gasteiger charge is 2.14. The minimum absolute atomic E-state index is 0.229. The zero-order valence-electron chi connectivity index (χ0n) is 16.1. The molecule has 4 rings (SSSR count). The van der Waals surface area contributed by atoms with Gasteiger partial charge in [-0.25, -0.2) is 4.68 Å². The molecule has 9 heteroatoms. The Bertz CT molecular complexity index is 1110. The largest absolute Gasteiger partial charge is 0.485 e. The molecule has 0 aliphatic rings. The summed E-state index contributed by atoms with van der Waals surface area (Å²) in [5.41, 5.74) is 3.13. The van der Waals surface area contributed by atoms with E-state index < -0.39 is 0 Å². The first-order valence-electron chi connectivity index (χ1n) is 9.00. The summed E-state index contributed by atoms with van der Waals surface area (Å²) >= 11 is 1.37. The van der Waals surface area contributed by atoms with Gasteiger partial charge in [0.25, 0.3) is 0 Å². The third kappa shape index (κ3) is 4.40. The van der Waals surface area contributed by atoms with Gasteiger partial charge in [-0.2, -0.15) is 0 Å². The Morgan fingerprint density at radius 3 is 2.66 bits per heavy atom. The van der Waals surface area contributed by atoms with Gasteiger partial charge in [-0.1, -0.05) is 47.7 Å². The molecule has 2 heterocycles. The molecular formula is C20H20N6O2S. The SMILES string of the molecule is Cc1ccc(OCc2nnc(SCc3nnc(-c4ccccc4)o3)n2N)c(C)c1. The lowest BCUT2D eigenvalue weighted by Gasteiger charge is -2.09. The Morgan fingerprint density at radius 2 is 1.86 bits per heavy atom. The predicted octanol–water partition coefficient (Wildman–Crippen LogP) is 3.53. The van der Waals surface area contributed by atoms with Gasteiger partial charge in [0, 0.05) is 5.56 Å². The standard InChI is InChI=1S/C20H20N6O2S/c1-13-8-9-16(14(2)10-13)27-11-17-22-25-20(26(17)21)29-12-18-23-24-19(28-18)15-6-4-3-5-7-15/h3-10H,11-12,21H2,1-2H3. The number of thioether (sulfide) groups is 1. The first kappa shape index (κ1) is 19.0. The zero-order valence-corrected chi connectivity index (χ0v) is 16.9. The van der Waals surface area contributed by atoms with Crippen molar-refractivity contribution >= 4 is 11.8 Å². The number of nitrogens with zero attached hydrogens (tertiary/aromatic N) is 5. The van der Waals surface area contributed by atoms with Crippen LogP contribution in [0.5, 0.6) is 5.75 Å². The Morgan fingerprint density at radius 1 is 1.03 bits per heavy atom. The number of rotatable bonds is 7. The minimum atomic E-state index is 0.229. The van der Waals surface area contributed by atoms with Gasteiger partial charge in [0.2, 0.25) is 16.9 Å². The summed E-state index contributed by atoms with van der Waals surface area (Å²) in [5, 5.41) is 16.9. The second kappa shape index (κ2) is 8.36. The van der Waals surface area contributed by atoms with Gasteiger partial charge in [0.1, 0.15) is 12.4 Å². The Hall–Kier alpha value is -3.33. The van der Waals surface area contributed by atoms with Gasteiger partial charge in [-0.3, -0.25) is 0 Å². The highest BCUT2D eigenvalue weighted by Crippen LogP contribution is 2.24. The van der Waals surface area contributed by atoms with Crippen LogP contribution in [0.15, 0.2) is 58.1 Å². The molecule has 148 valence electrons. The molecule has 2 N–H and O–H groups in total. The molecule has 29 heavy (non-hydrogen) atoms. The third-order valence-electron chi connectivity index (χ3n) is 4.23. The molecule has 0 spiro atoms. The molecule has 0 amide bonds. The quantitative estimate of drug-likeness (QED) is 0.366. The summed E-state index contributed by atoms with van der Waals surface area (Å²) in [5.74, 6) is 8.86. The molecule has 0 bridgehead atoms. The number of hydrogen-bond donors (Lipinski definition) is 1. The number of hydrogen-bond acceptors (Lipinski definition) is 8. The lowest BCUT2D eigenvalue weighted by Crippen LogP contribution is -2.16. The van der Waals surface area contributed by atoms with Gasteiger partial charge < -0.3 is 15.0 Å². The van der Waals surface area contributed by atoms with E-state index in [9.17, 15) is 0 Å². The molecule has 0 saturated heterocycles. The van der Waals surface area contributed by atoms with Crippen LogP contribution in [-0.2, 0) is 12.4 Å². The average Bonchev–Trinajstić information content (AvgIpc) is 3.33. The fraction of sp³-hybridized carbons (Fsp3) is 0.200. The molecule has 0 aliphatic carbocycles. The number of aryl methyl sites for hydroxylation is 2. The van der Waals surface area contributed by atoms with Crippen LogP contribution < -0.4 is 10.6 Å². The molecule has 2 aromatic heterocycles. The van der Waals surface area contributed by atoms with Crippen molar-refractivity contribution in [3.8, 4) is 17.2 Å². The normalized spacial score (nSPS) is 11.0. The lowest BCUT2D eigenvalue weighted by atomic mass is 10.1. The predicted molar refractivity (Wildman–Crippen MR) is 110 cm³/mol. The Kier molecular flexibility index (Phi) is 5.48. The molecule has 0 aliphatic heterocycles. The van der Waals surface area contributed by atoms with E-state index in [1.807, 2.05) is 56.3 Å². The van der Waals surface area contributed by atoms with E-state index in [0.717, 1.165) is 16.9 Å². The van der Waals surface area contributed by atoms with Crippen molar-refractivity contribution in [1.29, 1.82) is 0 Å². The van der Waals surface area contributed by atoms with Crippen LogP contribution >= 0.6 is 11.8 Å². The molecule has 0 saturated carbocycles. The summed E-state index contributed by atoms with van der Waals surface area (Å²) in [6.07, 6.45) is 0. The Labute approximate surface area is 172 Å². The van der Waals surface area contributed by atoms with Crippen molar-refractivity contribution in [3.05, 3.63) is 71.4 Å². The van der Waals surface area contributed by atoms with Crippen molar-refractivity contribution in [1.82, 2.24) is 25.1 Å². The van der Waals surface area contributed by atoms with E-state index in [4.69, 9.17) is 15.0 Å². The van der Waals surface area contributed by atoms with Gasteiger partial charge in [0.15, 0.2) is 5.82 Å². The monoisotopic (exact) mass is 408 g/mol. The maximum Gasteiger partial charge on any atom is 0.247 e. The fourth-order valence-electron chi connectivity index (χ4n) is 2.74. The van der Waals surface area contributed by atoms with Gasteiger partial charge in [0.05, 0.1) is 5.75 Å². The second-order valence-corrected chi connectivity index (χ2v) is 7.42. The van der Waals surface area contributed by atoms with Gasteiger partial charge in [-0.05, 0) is 37.6 Å². The lowest BCUT2D eigenvalue weighted by molar-refractivity contribution is 0.289. The van der Waals surface area contributed by atoms with Crippen LogP contribution in [0.3, 0.4) is 0 Å². The second-order valence-electron chi connectivity index (χ2n) is 6.48. The first-order chi connectivity index (χ1) is 14.1. The van der Waals surface area contributed by atoms with Crippen LogP contribution in [0.4, 0.5) is 0 Å². The van der Waals surface area contributed by atoms with E-state index in [1.165, 1.54) is 22.0 Å². The van der Waals surface area contributed by atoms with Crippen LogP contribution in [0, 0.1) is 13.8 Å². The molecular weight excluding hydrogens is 388 g/mol. The van der Waals surface area contributed by atoms with Crippen molar-refractivity contribution in [2.75, 3.05) is 5.84 Å². The van der Waals surface area contributed by atoms with Crippen molar-refractivity contribution < 1.29 is 9.15 Å². The molecule has 0 fully saturated rings. The number of nitrogens with two attached hydrogens (primary N) is 1. The summed E-state index contributed by atoms with van der Waals surface area (Å²) in [4.78, 5) is 0. The zero-order chi connectivity index (χ0) is 20.2. The average molecular weight is 408 g/mol. The van der Waals surface area contributed by atoms with E-state index in [-0.39, 0.29) is 6.61 Å². The summed E-state index contributed by atoms with van der Waals surface area (Å²) in [6.45, 7) is 4.28. The van der Waals surface area contributed by atoms with E-state index in [0.29, 0.717) is 28.5 Å². The van der Waals surface area contributed by atoms with E-state index in [2.05, 4.69) is 26.5 Å². The van der Waals surface area contributed by atoms with Crippen LogP contribution in [0.1, 0.15) is 22.8 Å². The van der Waals surface area contributed by atoms with Crippen LogP contribution in [0.25, 0.3) is 11.5 Å². The summed E-state index contributed by atoms with van der Waals surface area (Å²) < 4.78 is 13.0. The van der Waals surface area contributed by atoms with Crippen molar-refractivity contribution in [2.24, 2.45) is 0 Å². The van der Waals surface area contributed by atoms with Crippen molar-refractivity contribution in [3.63, 3.8) is 0 Å². The fourth-order valence-corrected chi connectivity index (χ4v) is 3.46. The number of aromatic nitrogens is 5. The Balaban J connectivity index is 1.37. The molecule has 2 aromatic carbocycles. The number of ether oxygens (including phenoxy) is 1. The molecule has 0 atom stereocenters. The molecule has 4 aromatic rings. The third-order valence-corrected chi connectivity index (χ3v) is 5.16.